The molecule has 3 heteroatoms. The summed E-state index contributed by atoms with van der Waals surface area (Å²) in [5.41, 5.74) is 0.347. The van der Waals surface area contributed by atoms with Crippen LogP contribution in [-0.2, 0) is 4.74 Å². The fourth-order valence-corrected chi connectivity index (χ4v) is 2.80. The summed E-state index contributed by atoms with van der Waals surface area (Å²) in [5.74, 6) is 0.743. The molecule has 1 fully saturated rings. The van der Waals surface area contributed by atoms with Gasteiger partial charge in [0.15, 0.2) is 0 Å². The molecule has 0 aromatic rings. The van der Waals surface area contributed by atoms with Crippen LogP contribution in [0.2, 0.25) is 0 Å². The molecule has 1 aliphatic heterocycles. The largest absolute Gasteiger partial charge is 0.381 e. The van der Waals surface area contributed by atoms with E-state index in [-0.39, 0.29) is 0 Å². The summed E-state index contributed by atoms with van der Waals surface area (Å²) >= 11 is 0. The van der Waals surface area contributed by atoms with Crippen LogP contribution >= 0.6 is 0 Å². The van der Waals surface area contributed by atoms with Gasteiger partial charge in [0, 0.05) is 31.7 Å². The van der Waals surface area contributed by atoms with Gasteiger partial charge in [-0.2, -0.15) is 0 Å². The third-order valence-corrected chi connectivity index (χ3v) is 3.74. The van der Waals surface area contributed by atoms with Crippen molar-refractivity contribution in [2.75, 3.05) is 45.9 Å². The van der Waals surface area contributed by atoms with Gasteiger partial charge in [-0.3, -0.25) is 0 Å². The molecule has 1 saturated heterocycles. The lowest BCUT2D eigenvalue weighted by atomic mass is 9.86. The zero-order valence-electron chi connectivity index (χ0n) is 12.8. The van der Waals surface area contributed by atoms with Crippen molar-refractivity contribution >= 4 is 0 Å². The van der Waals surface area contributed by atoms with E-state index in [0.29, 0.717) is 5.41 Å². The molecule has 18 heavy (non-hydrogen) atoms. The minimum atomic E-state index is 0.347. The number of ether oxygens (including phenoxy) is 1. The Labute approximate surface area is 113 Å². The first-order valence-electron chi connectivity index (χ1n) is 7.62. The van der Waals surface area contributed by atoms with E-state index in [9.17, 15) is 0 Å². The van der Waals surface area contributed by atoms with Gasteiger partial charge in [0.2, 0.25) is 0 Å². The summed E-state index contributed by atoms with van der Waals surface area (Å²) in [5, 5.41) is 3.59. The lowest BCUT2D eigenvalue weighted by molar-refractivity contribution is 0.105. The van der Waals surface area contributed by atoms with Crippen LogP contribution in [0.1, 0.15) is 40.5 Å². The molecular formula is C15H32N2O. The standard InChI is InChI=1S/C15H32N2O/c1-5-8-16-11-15(7-9-18-13-15)12-17(6-2)10-14(3)4/h14,16H,5-13H2,1-4H3. The second-order valence-corrected chi connectivity index (χ2v) is 6.20. The van der Waals surface area contributed by atoms with Crippen LogP contribution in [0.25, 0.3) is 0 Å². The summed E-state index contributed by atoms with van der Waals surface area (Å²) in [6, 6.07) is 0. The Hall–Kier alpha value is -0.120. The molecular weight excluding hydrogens is 224 g/mol. The molecule has 0 saturated carbocycles. The highest BCUT2D eigenvalue weighted by molar-refractivity contribution is 4.88. The molecule has 1 aliphatic rings. The van der Waals surface area contributed by atoms with Crippen LogP contribution in [0.3, 0.4) is 0 Å². The normalized spacial score (nSPS) is 24.3. The molecule has 0 aromatic carbocycles. The number of nitrogens with one attached hydrogen (secondary N) is 1. The van der Waals surface area contributed by atoms with E-state index < -0.39 is 0 Å². The molecule has 1 heterocycles. The molecule has 0 radical (unpaired) electrons. The third kappa shape index (κ3) is 5.25. The molecule has 1 unspecified atom stereocenters. The molecule has 1 N–H and O–H groups in total. The van der Waals surface area contributed by atoms with Crippen LogP contribution in [0.4, 0.5) is 0 Å². The maximum atomic E-state index is 5.67. The second kappa shape index (κ2) is 8.13. The highest BCUT2D eigenvalue weighted by Gasteiger charge is 2.36. The Morgan fingerprint density at radius 1 is 1.33 bits per heavy atom. The lowest BCUT2D eigenvalue weighted by Crippen LogP contribution is -2.45. The van der Waals surface area contributed by atoms with Gasteiger partial charge in [-0.25, -0.2) is 0 Å². The van der Waals surface area contributed by atoms with Crippen molar-refractivity contribution in [2.45, 2.75) is 40.5 Å². The van der Waals surface area contributed by atoms with E-state index >= 15 is 0 Å². The molecule has 0 aromatic heterocycles. The Morgan fingerprint density at radius 3 is 2.61 bits per heavy atom. The van der Waals surface area contributed by atoms with E-state index in [1.807, 2.05) is 0 Å². The minimum absolute atomic E-state index is 0.347. The highest BCUT2D eigenvalue weighted by Crippen LogP contribution is 2.29. The molecule has 0 spiro atoms. The van der Waals surface area contributed by atoms with Crippen LogP contribution in [0.15, 0.2) is 0 Å². The van der Waals surface area contributed by atoms with Gasteiger partial charge >= 0.3 is 0 Å². The van der Waals surface area contributed by atoms with E-state index in [1.54, 1.807) is 0 Å². The lowest BCUT2D eigenvalue weighted by Gasteiger charge is -2.35. The summed E-state index contributed by atoms with van der Waals surface area (Å²) in [7, 11) is 0. The highest BCUT2D eigenvalue weighted by atomic mass is 16.5. The predicted octanol–water partition coefficient (Wildman–Crippen LogP) is 2.37. The maximum absolute atomic E-state index is 5.67. The van der Waals surface area contributed by atoms with Crippen molar-refractivity contribution < 1.29 is 4.74 Å². The summed E-state index contributed by atoms with van der Waals surface area (Å²) in [4.78, 5) is 2.59. The number of hydrogen-bond donors (Lipinski definition) is 1. The molecule has 0 amide bonds. The molecule has 108 valence electrons. The van der Waals surface area contributed by atoms with Gasteiger partial charge in [0.25, 0.3) is 0 Å². The molecule has 1 rings (SSSR count). The van der Waals surface area contributed by atoms with Gasteiger partial charge in [-0.1, -0.05) is 27.7 Å². The second-order valence-electron chi connectivity index (χ2n) is 6.20. The van der Waals surface area contributed by atoms with Gasteiger partial charge < -0.3 is 15.0 Å². The topological polar surface area (TPSA) is 24.5 Å². The zero-order valence-corrected chi connectivity index (χ0v) is 12.8. The van der Waals surface area contributed by atoms with Gasteiger partial charge in [0.05, 0.1) is 6.61 Å². The predicted molar refractivity (Wildman–Crippen MR) is 78.0 cm³/mol. The number of hydrogen-bond acceptors (Lipinski definition) is 3. The number of rotatable bonds is 9. The fraction of sp³-hybridized carbons (Fsp3) is 1.00. The first-order chi connectivity index (χ1) is 8.62. The van der Waals surface area contributed by atoms with Gasteiger partial charge in [0.1, 0.15) is 0 Å². The van der Waals surface area contributed by atoms with Crippen molar-refractivity contribution in [1.82, 2.24) is 10.2 Å². The first kappa shape index (κ1) is 15.9. The smallest absolute Gasteiger partial charge is 0.0547 e. The molecule has 1 atom stereocenters. The van der Waals surface area contributed by atoms with Crippen LogP contribution in [0, 0.1) is 11.3 Å². The van der Waals surface area contributed by atoms with Crippen molar-refractivity contribution in [2.24, 2.45) is 11.3 Å². The van der Waals surface area contributed by atoms with E-state index in [4.69, 9.17) is 4.74 Å². The van der Waals surface area contributed by atoms with Gasteiger partial charge in [-0.05, 0) is 31.8 Å². The van der Waals surface area contributed by atoms with Crippen molar-refractivity contribution in [3.05, 3.63) is 0 Å². The van der Waals surface area contributed by atoms with Crippen LogP contribution in [0.5, 0.6) is 0 Å². The van der Waals surface area contributed by atoms with Crippen LogP contribution < -0.4 is 5.32 Å². The summed E-state index contributed by atoms with van der Waals surface area (Å²) in [6.07, 6.45) is 2.42. The minimum Gasteiger partial charge on any atom is -0.381 e. The zero-order chi connectivity index (χ0) is 13.4. The fourth-order valence-electron chi connectivity index (χ4n) is 2.80. The monoisotopic (exact) mass is 256 g/mol. The average Bonchev–Trinajstić information content (AvgIpc) is 2.77. The van der Waals surface area contributed by atoms with Crippen LogP contribution in [-0.4, -0.2) is 50.8 Å². The van der Waals surface area contributed by atoms with E-state index in [0.717, 1.165) is 38.8 Å². The average molecular weight is 256 g/mol. The Bertz CT molecular complexity index is 213. The van der Waals surface area contributed by atoms with E-state index in [2.05, 4.69) is 37.9 Å². The SMILES string of the molecule is CCCNCC1(CN(CC)CC(C)C)CCOC1. The van der Waals surface area contributed by atoms with E-state index in [1.165, 1.54) is 25.9 Å². The number of nitrogens with zero attached hydrogens (tertiary/aromatic N) is 1. The Kier molecular flexibility index (Phi) is 7.20. The summed E-state index contributed by atoms with van der Waals surface area (Å²) in [6.45, 7) is 16.7. The van der Waals surface area contributed by atoms with Crippen molar-refractivity contribution in [3.63, 3.8) is 0 Å². The van der Waals surface area contributed by atoms with Gasteiger partial charge in [-0.15, -0.1) is 0 Å². The van der Waals surface area contributed by atoms with Crippen molar-refractivity contribution in [1.29, 1.82) is 0 Å². The molecule has 0 bridgehead atoms. The quantitative estimate of drug-likeness (QED) is 0.641. The molecule has 3 nitrogen and oxygen atoms in total. The molecule has 0 aliphatic carbocycles. The Morgan fingerprint density at radius 2 is 2.11 bits per heavy atom. The first-order valence-corrected chi connectivity index (χ1v) is 7.62. The Balaban J connectivity index is 2.49. The summed E-state index contributed by atoms with van der Waals surface area (Å²) < 4.78 is 5.67. The maximum Gasteiger partial charge on any atom is 0.0547 e. The third-order valence-electron chi connectivity index (χ3n) is 3.74. The van der Waals surface area contributed by atoms with Crippen molar-refractivity contribution in [3.8, 4) is 0 Å².